The zero-order valence-electron chi connectivity index (χ0n) is 27.1. The lowest BCUT2D eigenvalue weighted by molar-refractivity contribution is 0.453. The summed E-state index contributed by atoms with van der Waals surface area (Å²) >= 11 is 0. The fourth-order valence-corrected chi connectivity index (χ4v) is 5.68. The van der Waals surface area contributed by atoms with Gasteiger partial charge >= 0.3 is 0 Å². The maximum atomic E-state index is 6.47. The fourth-order valence-electron chi connectivity index (χ4n) is 5.68. The lowest BCUT2D eigenvalue weighted by atomic mass is 9.74. The van der Waals surface area contributed by atoms with Gasteiger partial charge in [-0.05, 0) is 89.2 Å². The molecule has 222 valence electrons. The minimum absolute atomic E-state index is 0.137. The van der Waals surface area contributed by atoms with E-state index in [0.717, 1.165) is 22.6 Å². The van der Waals surface area contributed by atoms with Gasteiger partial charge in [0, 0.05) is 17.0 Å². The maximum Gasteiger partial charge on any atom is 0.150 e. The minimum Gasteiger partial charge on any atom is -0.455 e. The van der Waals surface area contributed by atoms with E-state index in [1.165, 1.54) is 22.3 Å². The molecule has 0 fully saturated rings. The van der Waals surface area contributed by atoms with E-state index in [-0.39, 0.29) is 16.7 Å². The number of ether oxygens (including phenoxy) is 2. The number of anilines is 2. The lowest BCUT2D eigenvalue weighted by Crippen LogP contribution is -2.19. The molecule has 4 aromatic rings. The molecule has 0 radical (unpaired) electrons. The first-order valence-electron chi connectivity index (χ1n) is 14.9. The van der Waals surface area contributed by atoms with Crippen LogP contribution in [0.1, 0.15) is 94.7 Å². The number of para-hydroxylation sites is 4. The Morgan fingerprint density at radius 3 is 1.21 bits per heavy atom. The topological polar surface area (TPSA) is 70.5 Å². The molecule has 0 amide bonds. The fraction of sp³-hybridized carbons (Fsp3) is 0.368. The molecule has 0 aliphatic carbocycles. The van der Waals surface area contributed by atoms with E-state index in [4.69, 9.17) is 20.9 Å². The summed E-state index contributed by atoms with van der Waals surface area (Å²) in [6, 6.07) is 24.4. The van der Waals surface area contributed by atoms with Crippen molar-refractivity contribution in [3.05, 3.63) is 106 Å². The highest BCUT2D eigenvalue weighted by atomic mass is 16.5. The average molecular weight is 565 g/mol. The molecule has 4 N–H and O–H groups in total. The molecule has 0 bridgehead atoms. The van der Waals surface area contributed by atoms with Crippen molar-refractivity contribution in [3.8, 4) is 23.0 Å². The van der Waals surface area contributed by atoms with Gasteiger partial charge in [-0.25, -0.2) is 0 Å². The van der Waals surface area contributed by atoms with Crippen LogP contribution in [0.25, 0.3) is 0 Å². The normalized spacial score (nSPS) is 12.2. The highest BCUT2D eigenvalue weighted by Crippen LogP contribution is 2.45. The molecule has 4 heteroatoms. The Bertz CT molecular complexity index is 1460. The summed E-state index contributed by atoms with van der Waals surface area (Å²) in [6.07, 6.45) is 0. The van der Waals surface area contributed by atoms with E-state index in [0.29, 0.717) is 28.8 Å². The van der Waals surface area contributed by atoms with Crippen molar-refractivity contribution in [2.45, 2.75) is 86.0 Å². The first kappa shape index (κ1) is 31.0. The molecule has 0 spiro atoms. The highest BCUT2D eigenvalue weighted by Gasteiger charge is 2.30. The maximum absolute atomic E-state index is 6.47. The minimum atomic E-state index is -0.137. The molecule has 0 atom stereocenters. The van der Waals surface area contributed by atoms with Gasteiger partial charge in [-0.3, -0.25) is 0 Å². The van der Waals surface area contributed by atoms with Crippen LogP contribution in [0, 0.1) is 19.8 Å². The van der Waals surface area contributed by atoms with Crippen molar-refractivity contribution >= 4 is 11.4 Å². The Kier molecular flexibility index (Phi) is 8.68. The summed E-state index contributed by atoms with van der Waals surface area (Å²) in [4.78, 5) is 0. The van der Waals surface area contributed by atoms with Crippen LogP contribution < -0.4 is 20.9 Å². The SMILES string of the molecule is Cc1cc(Oc2ccccc2N)c(C(C)(C)C)cc1C(c1cc(C(C)(C)C)c(Oc2ccccc2N)cc1C)C(C)C. The van der Waals surface area contributed by atoms with Gasteiger partial charge in [0.25, 0.3) is 0 Å². The van der Waals surface area contributed by atoms with Crippen LogP contribution in [-0.4, -0.2) is 0 Å². The summed E-state index contributed by atoms with van der Waals surface area (Å²) in [5.74, 6) is 3.59. The van der Waals surface area contributed by atoms with Crippen LogP contribution in [0.4, 0.5) is 11.4 Å². The third kappa shape index (κ3) is 6.59. The lowest BCUT2D eigenvalue weighted by Gasteiger charge is -2.32. The predicted molar refractivity (Wildman–Crippen MR) is 178 cm³/mol. The molecular weight excluding hydrogens is 516 g/mol. The monoisotopic (exact) mass is 564 g/mol. The van der Waals surface area contributed by atoms with Crippen LogP contribution >= 0.6 is 0 Å². The van der Waals surface area contributed by atoms with Gasteiger partial charge in [-0.2, -0.15) is 0 Å². The molecule has 0 unspecified atom stereocenters. The van der Waals surface area contributed by atoms with E-state index in [1.807, 2.05) is 48.5 Å². The highest BCUT2D eigenvalue weighted by molar-refractivity contribution is 5.59. The summed E-state index contributed by atoms with van der Waals surface area (Å²) < 4.78 is 12.9. The molecule has 4 rings (SSSR count). The predicted octanol–water partition coefficient (Wildman–Crippen LogP) is 10.4. The van der Waals surface area contributed by atoms with Crippen molar-refractivity contribution in [2.75, 3.05) is 11.5 Å². The molecule has 0 heterocycles. The standard InChI is InChI=1S/C38H48N2O2/c1-23(2)36(26-21-28(37(5,6)7)34(19-24(26)3)41-32-17-13-11-15-30(32)39)27-22-29(38(8,9)10)35(20-25(27)4)42-33-18-14-12-16-31(33)40/h11-23,36H,39-40H2,1-10H3. The van der Waals surface area contributed by atoms with Crippen LogP contribution in [0.15, 0.2) is 72.8 Å². The second-order valence-electron chi connectivity index (χ2n) is 13.9. The van der Waals surface area contributed by atoms with Crippen molar-refractivity contribution in [1.29, 1.82) is 0 Å². The van der Waals surface area contributed by atoms with Crippen LogP contribution in [0.2, 0.25) is 0 Å². The van der Waals surface area contributed by atoms with Crippen molar-refractivity contribution in [1.82, 2.24) is 0 Å². The number of hydrogen-bond acceptors (Lipinski definition) is 4. The first-order valence-corrected chi connectivity index (χ1v) is 14.9. The van der Waals surface area contributed by atoms with Gasteiger partial charge in [0.15, 0.2) is 0 Å². The first-order chi connectivity index (χ1) is 19.6. The quantitative estimate of drug-likeness (QED) is 0.219. The molecule has 4 aromatic carbocycles. The Morgan fingerprint density at radius 2 is 0.905 bits per heavy atom. The Hall–Kier alpha value is -3.92. The number of aryl methyl sites for hydroxylation is 2. The van der Waals surface area contributed by atoms with Crippen molar-refractivity contribution in [3.63, 3.8) is 0 Å². The summed E-state index contributed by atoms with van der Waals surface area (Å²) in [5.41, 5.74) is 20.8. The summed E-state index contributed by atoms with van der Waals surface area (Å²) in [5, 5.41) is 0. The third-order valence-electron chi connectivity index (χ3n) is 7.97. The van der Waals surface area contributed by atoms with Gasteiger partial charge in [0.2, 0.25) is 0 Å². The molecule has 0 aliphatic rings. The number of nitrogens with two attached hydrogens (primary N) is 2. The Labute approximate surface area is 253 Å². The third-order valence-corrected chi connectivity index (χ3v) is 7.97. The number of rotatable bonds is 7. The van der Waals surface area contributed by atoms with Gasteiger partial charge in [0.1, 0.15) is 23.0 Å². The van der Waals surface area contributed by atoms with E-state index in [1.54, 1.807) is 0 Å². The second-order valence-corrected chi connectivity index (χ2v) is 13.9. The molecule has 0 saturated carbocycles. The summed E-state index contributed by atoms with van der Waals surface area (Å²) in [7, 11) is 0. The van der Waals surface area contributed by atoms with E-state index >= 15 is 0 Å². The molecule has 42 heavy (non-hydrogen) atoms. The molecule has 0 saturated heterocycles. The van der Waals surface area contributed by atoms with Crippen LogP contribution in [0.5, 0.6) is 23.0 Å². The zero-order valence-corrected chi connectivity index (χ0v) is 27.1. The molecule has 0 aromatic heterocycles. The van der Waals surface area contributed by atoms with Gasteiger partial charge in [-0.15, -0.1) is 0 Å². The Morgan fingerprint density at radius 1 is 0.548 bits per heavy atom. The average Bonchev–Trinajstić information content (AvgIpc) is 2.87. The van der Waals surface area contributed by atoms with Crippen molar-refractivity contribution in [2.24, 2.45) is 5.92 Å². The van der Waals surface area contributed by atoms with Crippen LogP contribution in [-0.2, 0) is 10.8 Å². The van der Waals surface area contributed by atoms with Crippen LogP contribution in [0.3, 0.4) is 0 Å². The summed E-state index contributed by atoms with van der Waals surface area (Å²) in [6.45, 7) is 22.4. The smallest absolute Gasteiger partial charge is 0.150 e. The molecule has 4 nitrogen and oxygen atoms in total. The van der Waals surface area contributed by atoms with Gasteiger partial charge in [-0.1, -0.05) is 91.8 Å². The zero-order chi connectivity index (χ0) is 31.0. The van der Waals surface area contributed by atoms with Gasteiger partial charge < -0.3 is 20.9 Å². The number of benzene rings is 4. The number of nitrogen functional groups attached to an aromatic ring is 2. The molecular formula is C38H48N2O2. The second kappa shape index (κ2) is 11.8. The van der Waals surface area contributed by atoms with E-state index in [2.05, 4.69) is 93.5 Å². The van der Waals surface area contributed by atoms with Crippen molar-refractivity contribution < 1.29 is 9.47 Å². The number of hydrogen-bond donors (Lipinski definition) is 2. The molecule has 0 aliphatic heterocycles. The van der Waals surface area contributed by atoms with E-state index in [9.17, 15) is 0 Å². The van der Waals surface area contributed by atoms with Gasteiger partial charge in [0.05, 0.1) is 11.4 Å². The largest absolute Gasteiger partial charge is 0.455 e. The van der Waals surface area contributed by atoms with E-state index < -0.39 is 0 Å². The Balaban J connectivity index is 1.88.